The number of ether oxygens (including phenoxy) is 1. The number of pyridine rings is 1. The fourth-order valence-electron chi connectivity index (χ4n) is 2.09. The van der Waals surface area contributed by atoms with Gasteiger partial charge in [-0.05, 0) is 12.1 Å². The van der Waals surface area contributed by atoms with E-state index in [1.807, 2.05) is 0 Å². The molecule has 0 radical (unpaired) electrons. The summed E-state index contributed by atoms with van der Waals surface area (Å²) in [5.74, 6) is -0.452. The first-order valence-corrected chi connectivity index (χ1v) is 6.22. The van der Waals surface area contributed by atoms with Crippen molar-refractivity contribution in [1.82, 2.24) is 4.98 Å². The molecular formula is C12H15F3N2O4. The van der Waals surface area contributed by atoms with Crippen LogP contribution in [0.4, 0.5) is 19.0 Å². The Morgan fingerprint density at radius 1 is 1.33 bits per heavy atom. The van der Waals surface area contributed by atoms with Gasteiger partial charge in [-0.2, -0.15) is 13.2 Å². The Morgan fingerprint density at radius 3 is 2.67 bits per heavy atom. The molecule has 4 N–H and O–H groups in total. The molecule has 0 spiro atoms. The van der Waals surface area contributed by atoms with Crippen LogP contribution in [0.25, 0.3) is 0 Å². The van der Waals surface area contributed by atoms with Crippen LogP contribution in [0.5, 0.6) is 0 Å². The zero-order valence-electron chi connectivity index (χ0n) is 10.8. The molecule has 0 saturated carbocycles. The van der Waals surface area contributed by atoms with Crippen LogP contribution < -0.4 is 5.32 Å². The zero-order chi connectivity index (χ0) is 15.6. The maximum atomic E-state index is 12.8. The lowest BCUT2D eigenvalue weighted by molar-refractivity contribution is -0.153. The van der Waals surface area contributed by atoms with Crippen LogP contribution >= 0.6 is 0 Å². The summed E-state index contributed by atoms with van der Waals surface area (Å²) in [6.07, 6.45) is -7.17. The quantitative estimate of drug-likeness (QED) is 0.628. The lowest BCUT2D eigenvalue weighted by Gasteiger charge is -2.37. The van der Waals surface area contributed by atoms with E-state index < -0.39 is 48.5 Å². The molecule has 118 valence electrons. The molecule has 1 aromatic rings. The molecule has 0 aromatic carbocycles. The van der Waals surface area contributed by atoms with Gasteiger partial charge in [0.1, 0.15) is 24.1 Å². The Hall–Kier alpha value is -1.42. The fourth-order valence-corrected chi connectivity index (χ4v) is 2.09. The van der Waals surface area contributed by atoms with Gasteiger partial charge in [0, 0.05) is 6.20 Å². The maximum absolute atomic E-state index is 12.8. The molecule has 0 bridgehead atoms. The van der Waals surface area contributed by atoms with Gasteiger partial charge in [0.05, 0.1) is 24.8 Å². The number of anilines is 1. The normalized spacial score (nSPS) is 30.2. The summed E-state index contributed by atoms with van der Waals surface area (Å²) >= 11 is 0. The summed E-state index contributed by atoms with van der Waals surface area (Å²) in [6.45, 7) is -0.667. The van der Waals surface area contributed by atoms with Gasteiger partial charge in [0.2, 0.25) is 0 Å². The number of hydrogen-bond acceptors (Lipinski definition) is 6. The first-order chi connectivity index (χ1) is 9.84. The van der Waals surface area contributed by atoms with Gasteiger partial charge in [-0.25, -0.2) is 4.98 Å². The molecule has 4 atom stereocenters. The molecule has 1 fully saturated rings. The number of aromatic nitrogens is 1. The van der Waals surface area contributed by atoms with E-state index in [-0.39, 0.29) is 6.61 Å². The highest BCUT2D eigenvalue weighted by molar-refractivity contribution is 5.46. The number of rotatable bonds is 3. The summed E-state index contributed by atoms with van der Waals surface area (Å²) in [6, 6.07) is 1.04. The van der Waals surface area contributed by atoms with Crippen molar-refractivity contribution >= 4 is 5.82 Å². The third kappa shape index (κ3) is 3.43. The Labute approximate surface area is 118 Å². The Kier molecular flexibility index (Phi) is 4.67. The van der Waals surface area contributed by atoms with Crippen LogP contribution in [0.1, 0.15) is 5.56 Å². The first-order valence-electron chi connectivity index (χ1n) is 6.22. The third-order valence-corrected chi connectivity index (χ3v) is 3.25. The van der Waals surface area contributed by atoms with Crippen molar-refractivity contribution in [2.75, 3.05) is 18.5 Å². The topological polar surface area (TPSA) is 94.8 Å². The van der Waals surface area contributed by atoms with E-state index in [2.05, 4.69) is 10.3 Å². The van der Waals surface area contributed by atoms with Gasteiger partial charge in [-0.3, -0.25) is 0 Å². The number of hydrogen-bond donors (Lipinski definition) is 4. The van der Waals surface area contributed by atoms with Crippen molar-refractivity contribution in [3.8, 4) is 0 Å². The van der Waals surface area contributed by atoms with Gasteiger partial charge in [-0.15, -0.1) is 0 Å². The van der Waals surface area contributed by atoms with Crippen LogP contribution in [0.15, 0.2) is 18.3 Å². The van der Waals surface area contributed by atoms with Gasteiger partial charge in [0.15, 0.2) is 0 Å². The largest absolute Gasteiger partial charge is 0.419 e. The number of halogens is 3. The SMILES string of the molecule is OCC1OC[C@@H](Nc2ncccc2C(F)(F)F)C(O)[C@H]1O. The molecule has 21 heavy (non-hydrogen) atoms. The van der Waals surface area contributed by atoms with Gasteiger partial charge >= 0.3 is 6.18 Å². The van der Waals surface area contributed by atoms with Crippen LogP contribution in [-0.4, -0.2) is 57.9 Å². The first kappa shape index (κ1) is 16.0. The molecule has 2 unspecified atom stereocenters. The second-order valence-electron chi connectivity index (χ2n) is 4.68. The van der Waals surface area contributed by atoms with E-state index in [4.69, 9.17) is 9.84 Å². The molecular weight excluding hydrogens is 293 g/mol. The van der Waals surface area contributed by atoms with Gasteiger partial charge in [-0.1, -0.05) is 0 Å². The number of alkyl halides is 3. The molecule has 1 saturated heterocycles. The minimum absolute atomic E-state index is 0.169. The van der Waals surface area contributed by atoms with Crippen LogP contribution in [0.2, 0.25) is 0 Å². The fraction of sp³-hybridized carbons (Fsp3) is 0.583. The summed E-state index contributed by atoms with van der Waals surface area (Å²) in [5, 5.41) is 30.9. The highest BCUT2D eigenvalue weighted by atomic mass is 19.4. The molecule has 1 aromatic heterocycles. The second kappa shape index (κ2) is 6.14. The van der Waals surface area contributed by atoms with E-state index in [1.165, 1.54) is 6.20 Å². The predicted octanol–water partition coefficient (Wildman–Crippen LogP) is -0.00620. The monoisotopic (exact) mass is 308 g/mol. The molecule has 0 amide bonds. The summed E-state index contributed by atoms with van der Waals surface area (Å²) in [5.41, 5.74) is -0.976. The molecule has 6 nitrogen and oxygen atoms in total. The van der Waals surface area contributed by atoms with Crippen molar-refractivity contribution in [2.24, 2.45) is 0 Å². The molecule has 0 aliphatic carbocycles. The minimum atomic E-state index is -4.59. The van der Waals surface area contributed by atoms with E-state index >= 15 is 0 Å². The standard InChI is InChI=1S/C12H15F3N2O4/c13-12(14,15)6-2-1-3-16-11(6)17-7-5-21-8(4-18)10(20)9(7)19/h1-3,7-10,18-20H,4-5H2,(H,16,17)/t7-,8?,9?,10+/m1/s1. The Morgan fingerprint density at radius 2 is 2.05 bits per heavy atom. The molecule has 1 aliphatic rings. The molecule has 2 rings (SSSR count). The minimum Gasteiger partial charge on any atom is -0.394 e. The van der Waals surface area contributed by atoms with Gasteiger partial charge in [0.25, 0.3) is 0 Å². The zero-order valence-corrected chi connectivity index (χ0v) is 10.8. The van der Waals surface area contributed by atoms with Crippen molar-refractivity contribution < 1.29 is 33.2 Å². The van der Waals surface area contributed by atoms with Crippen molar-refractivity contribution in [3.63, 3.8) is 0 Å². The molecule has 1 aliphatic heterocycles. The average Bonchev–Trinajstić information content (AvgIpc) is 2.44. The average molecular weight is 308 g/mol. The Bertz CT molecular complexity index is 486. The van der Waals surface area contributed by atoms with Crippen molar-refractivity contribution in [3.05, 3.63) is 23.9 Å². The summed E-state index contributed by atoms with van der Waals surface area (Å²) < 4.78 is 43.6. The van der Waals surface area contributed by atoms with E-state index in [9.17, 15) is 23.4 Å². The van der Waals surface area contributed by atoms with Crippen molar-refractivity contribution in [2.45, 2.75) is 30.5 Å². The lowest BCUT2D eigenvalue weighted by Crippen LogP contribution is -2.56. The van der Waals surface area contributed by atoms with Crippen LogP contribution in [0.3, 0.4) is 0 Å². The summed E-state index contributed by atoms with van der Waals surface area (Å²) in [7, 11) is 0. The predicted molar refractivity (Wildman–Crippen MR) is 65.5 cm³/mol. The van der Waals surface area contributed by atoms with Crippen molar-refractivity contribution in [1.29, 1.82) is 0 Å². The highest BCUT2D eigenvalue weighted by Crippen LogP contribution is 2.34. The number of nitrogens with zero attached hydrogens (tertiary/aromatic N) is 1. The van der Waals surface area contributed by atoms with E-state index in [1.54, 1.807) is 0 Å². The number of nitrogens with one attached hydrogen (secondary N) is 1. The smallest absolute Gasteiger partial charge is 0.394 e. The maximum Gasteiger partial charge on any atom is 0.419 e. The summed E-state index contributed by atoms with van der Waals surface area (Å²) in [4.78, 5) is 3.61. The van der Waals surface area contributed by atoms with E-state index in [0.717, 1.165) is 12.1 Å². The van der Waals surface area contributed by atoms with Crippen LogP contribution in [0, 0.1) is 0 Å². The number of aliphatic hydroxyl groups excluding tert-OH is 3. The molecule has 9 heteroatoms. The lowest BCUT2D eigenvalue weighted by atomic mass is 9.98. The van der Waals surface area contributed by atoms with Crippen LogP contribution in [-0.2, 0) is 10.9 Å². The highest BCUT2D eigenvalue weighted by Gasteiger charge is 2.40. The van der Waals surface area contributed by atoms with Gasteiger partial charge < -0.3 is 25.4 Å². The number of aliphatic hydroxyl groups is 3. The molecule has 2 heterocycles. The third-order valence-electron chi connectivity index (χ3n) is 3.25. The van der Waals surface area contributed by atoms with E-state index in [0.29, 0.717) is 0 Å². The second-order valence-corrected chi connectivity index (χ2v) is 4.68. The Balaban J connectivity index is 2.16.